The van der Waals surface area contributed by atoms with Gasteiger partial charge >= 0.3 is 0 Å². The average molecular weight is 168 g/mol. The Balaban J connectivity index is 2.53. The Kier molecular flexibility index (Phi) is 9.11. The largest absolute Gasteiger partial charge is 0.154 e. The maximum absolute atomic E-state index is 2.20. The van der Waals surface area contributed by atoms with Crippen molar-refractivity contribution in [3.05, 3.63) is 0 Å². The fourth-order valence-corrected chi connectivity index (χ4v) is 2.95. The van der Waals surface area contributed by atoms with Crippen molar-refractivity contribution in [3.8, 4) is 0 Å². The van der Waals surface area contributed by atoms with Gasteiger partial charge in [0.2, 0.25) is 0 Å². The van der Waals surface area contributed by atoms with Crippen molar-refractivity contribution >= 4 is 35.3 Å². The molecule has 0 saturated heterocycles. The minimum atomic E-state index is 1.24. The minimum absolute atomic E-state index is 1.24. The maximum Gasteiger partial charge on any atom is 0.0400 e. The second kappa shape index (κ2) is 8.05. The van der Waals surface area contributed by atoms with E-state index in [1.807, 2.05) is 35.3 Å². The lowest BCUT2D eigenvalue weighted by Gasteiger charge is -1.94. The highest BCUT2D eigenvalue weighted by Gasteiger charge is 1.83. The third-order valence-electron chi connectivity index (χ3n) is 0.572. The zero-order chi connectivity index (χ0) is 6.24. The van der Waals surface area contributed by atoms with Crippen LogP contribution in [0.4, 0.5) is 0 Å². The second-order valence-electron chi connectivity index (χ2n) is 1.22. The number of thioether (sulfide) groups is 3. The first-order chi connectivity index (χ1) is 3.91. The van der Waals surface area contributed by atoms with Gasteiger partial charge in [-0.05, 0) is 12.0 Å². The fraction of sp³-hybridized carbons (Fsp3) is 1.00. The van der Waals surface area contributed by atoms with E-state index in [4.69, 9.17) is 0 Å². The van der Waals surface area contributed by atoms with Crippen LogP contribution in [0.5, 0.6) is 0 Å². The molecule has 0 aromatic rings. The smallest absolute Gasteiger partial charge is 0.0400 e. The monoisotopic (exact) mass is 168 g/mol. The molecule has 0 aliphatic heterocycles. The molecule has 0 atom stereocenters. The second-order valence-corrected chi connectivity index (χ2v) is 5.08. The summed E-state index contributed by atoms with van der Waals surface area (Å²) in [6.45, 7) is 2.20. The quantitative estimate of drug-likeness (QED) is 0.458. The molecule has 0 nitrogen and oxygen atoms in total. The molecule has 0 aromatic carbocycles. The van der Waals surface area contributed by atoms with Crippen LogP contribution in [-0.4, -0.2) is 22.2 Å². The topological polar surface area (TPSA) is 0 Å². The lowest BCUT2D eigenvalue weighted by atomic mass is 11.0. The molecule has 50 valence electrons. The van der Waals surface area contributed by atoms with Crippen LogP contribution in [0.25, 0.3) is 0 Å². The van der Waals surface area contributed by atoms with E-state index < -0.39 is 0 Å². The van der Waals surface area contributed by atoms with Crippen LogP contribution >= 0.6 is 35.3 Å². The molecule has 0 saturated carbocycles. The number of hydrogen-bond acceptors (Lipinski definition) is 3. The molecular weight excluding hydrogens is 156 g/mol. The van der Waals surface area contributed by atoms with Gasteiger partial charge in [0.05, 0.1) is 0 Å². The van der Waals surface area contributed by atoms with Crippen molar-refractivity contribution < 1.29 is 0 Å². The molecule has 0 heterocycles. The predicted molar refractivity (Wildman–Crippen MR) is 49.0 cm³/mol. The molecule has 0 unspecified atom stereocenters. The molecule has 0 rings (SSSR count). The van der Waals surface area contributed by atoms with Gasteiger partial charge in [-0.15, -0.1) is 11.8 Å². The maximum atomic E-state index is 2.20. The summed E-state index contributed by atoms with van der Waals surface area (Å²) in [5.41, 5.74) is 0. The molecule has 0 radical (unpaired) electrons. The molecule has 0 bridgehead atoms. The van der Waals surface area contributed by atoms with Crippen LogP contribution < -0.4 is 0 Å². The van der Waals surface area contributed by atoms with Gasteiger partial charge in [0.1, 0.15) is 0 Å². The van der Waals surface area contributed by atoms with E-state index in [1.54, 1.807) is 0 Å². The van der Waals surface area contributed by atoms with Gasteiger partial charge in [-0.25, -0.2) is 0 Å². The summed E-state index contributed by atoms with van der Waals surface area (Å²) in [5, 5.41) is 2.50. The molecule has 0 aromatic heterocycles. The van der Waals surface area contributed by atoms with Gasteiger partial charge in [0.15, 0.2) is 0 Å². The van der Waals surface area contributed by atoms with Crippen molar-refractivity contribution in [2.45, 2.75) is 6.92 Å². The molecule has 0 aliphatic carbocycles. The highest BCUT2D eigenvalue weighted by atomic mass is 32.2. The summed E-state index contributed by atoms with van der Waals surface area (Å²) in [6, 6.07) is 0. The Hall–Kier alpha value is 1.05. The summed E-state index contributed by atoms with van der Waals surface area (Å²) in [5.74, 6) is 1.25. The molecule has 0 amide bonds. The van der Waals surface area contributed by atoms with Gasteiger partial charge in [-0.2, -0.15) is 23.5 Å². The highest BCUT2D eigenvalue weighted by molar-refractivity contribution is 8.22. The van der Waals surface area contributed by atoms with Crippen molar-refractivity contribution in [2.75, 3.05) is 22.2 Å². The first-order valence-electron chi connectivity index (χ1n) is 2.56. The average Bonchev–Trinajstić information content (AvgIpc) is 1.81. The Morgan fingerprint density at radius 2 is 1.88 bits per heavy atom. The van der Waals surface area contributed by atoms with Gasteiger partial charge in [-0.3, -0.25) is 0 Å². The molecule has 0 fully saturated rings. The first kappa shape index (κ1) is 9.05. The third-order valence-corrected chi connectivity index (χ3v) is 3.92. The first-order valence-corrected chi connectivity index (χ1v) is 6.26. The Morgan fingerprint density at radius 3 is 2.38 bits per heavy atom. The Labute approximate surface area is 64.6 Å². The van der Waals surface area contributed by atoms with Crippen LogP contribution in [-0.2, 0) is 0 Å². The molecule has 0 N–H and O–H groups in total. The highest BCUT2D eigenvalue weighted by Crippen LogP contribution is 2.14. The van der Waals surface area contributed by atoms with Crippen LogP contribution in [0.2, 0.25) is 0 Å². The Bertz CT molecular complexity index is 32.7. The lowest BCUT2D eigenvalue weighted by Crippen LogP contribution is -1.72. The van der Waals surface area contributed by atoms with Gasteiger partial charge < -0.3 is 0 Å². The van der Waals surface area contributed by atoms with E-state index in [2.05, 4.69) is 13.2 Å². The standard InChI is InChI=1S/C5H12S3/c1-3-7-5-8-4-6-2/h3-5H2,1-2H3. The fourth-order valence-electron chi connectivity index (χ4n) is 0.260. The van der Waals surface area contributed by atoms with Crippen LogP contribution in [0, 0.1) is 0 Å². The molecule has 0 aliphatic rings. The summed E-state index contributed by atoms with van der Waals surface area (Å²) >= 11 is 5.90. The van der Waals surface area contributed by atoms with Crippen LogP contribution in [0.1, 0.15) is 6.92 Å². The molecule has 3 heteroatoms. The summed E-state index contributed by atoms with van der Waals surface area (Å²) < 4.78 is 0. The Morgan fingerprint density at radius 1 is 1.12 bits per heavy atom. The van der Waals surface area contributed by atoms with Crippen molar-refractivity contribution in [2.24, 2.45) is 0 Å². The zero-order valence-electron chi connectivity index (χ0n) is 5.35. The summed E-state index contributed by atoms with van der Waals surface area (Å²) in [4.78, 5) is 0. The number of hydrogen-bond donors (Lipinski definition) is 0. The van der Waals surface area contributed by atoms with Gasteiger partial charge in [-0.1, -0.05) is 6.92 Å². The molecule has 8 heavy (non-hydrogen) atoms. The van der Waals surface area contributed by atoms with Crippen molar-refractivity contribution in [1.29, 1.82) is 0 Å². The van der Waals surface area contributed by atoms with E-state index in [0.717, 1.165) is 0 Å². The van der Waals surface area contributed by atoms with Crippen LogP contribution in [0.15, 0.2) is 0 Å². The van der Waals surface area contributed by atoms with E-state index in [-0.39, 0.29) is 0 Å². The normalized spacial score (nSPS) is 9.75. The molecular formula is C5H12S3. The van der Waals surface area contributed by atoms with E-state index in [9.17, 15) is 0 Å². The SMILES string of the molecule is CCSCSCSC. The van der Waals surface area contributed by atoms with Crippen molar-refractivity contribution in [3.63, 3.8) is 0 Å². The van der Waals surface area contributed by atoms with Gasteiger partial charge in [0, 0.05) is 10.2 Å². The minimum Gasteiger partial charge on any atom is -0.154 e. The predicted octanol–water partition coefficient (Wildman–Crippen LogP) is 2.75. The summed E-state index contributed by atoms with van der Waals surface area (Å²) in [7, 11) is 0. The van der Waals surface area contributed by atoms with Gasteiger partial charge in [0.25, 0.3) is 0 Å². The lowest BCUT2D eigenvalue weighted by molar-refractivity contribution is 1.53. The van der Waals surface area contributed by atoms with E-state index >= 15 is 0 Å². The number of rotatable bonds is 5. The summed E-state index contributed by atoms with van der Waals surface area (Å²) in [6.07, 6.45) is 2.14. The molecule has 0 spiro atoms. The zero-order valence-corrected chi connectivity index (χ0v) is 7.80. The van der Waals surface area contributed by atoms with Crippen LogP contribution in [0.3, 0.4) is 0 Å². The van der Waals surface area contributed by atoms with Crippen molar-refractivity contribution in [1.82, 2.24) is 0 Å². The third kappa shape index (κ3) is 7.05. The van der Waals surface area contributed by atoms with E-state index in [0.29, 0.717) is 0 Å². The van der Waals surface area contributed by atoms with E-state index in [1.165, 1.54) is 15.9 Å².